The van der Waals surface area contributed by atoms with Gasteiger partial charge >= 0.3 is 0 Å². The minimum Gasteiger partial charge on any atom is -0.372 e. The Bertz CT molecular complexity index is 471. The van der Waals surface area contributed by atoms with E-state index in [-0.39, 0.29) is 12.2 Å². The van der Waals surface area contributed by atoms with Gasteiger partial charge in [0.1, 0.15) is 6.07 Å². The fourth-order valence-corrected chi connectivity index (χ4v) is 2.64. The zero-order valence-corrected chi connectivity index (χ0v) is 11.8. The molecule has 0 radical (unpaired) electrons. The summed E-state index contributed by atoms with van der Waals surface area (Å²) in [6.45, 7) is 6.60. The Hall–Kier alpha value is -1.57. The summed E-state index contributed by atoms with van der Waals surface area (Å²) in [4.78, 5) is 2.25. The van der Waals surface area contributed by atoms with Crippen LogP contribution in [0.2, 0.25) is 0 Å². The van der Waals surface area contributed by atoms with Crippen molar-refractivity contribution < 1.29 is 4.74 Å². The molecular formula is C15H21N3O. The molecule has 102 valence electrons. The Kier molecular flexibility index (Phi) is 4.41. The van der Waals surface area contributed by atoms with Crippen molar-refractivity contribution in [3.05, 3.63) is 29.3 Å². The number of nitrogens with one attached hydrogen (secondary N) is 1. The Morgan fingerprint density at radius 2 is 2.05 bits per heavy atom. The van der Waals surface area contributed by atoms with Crippen LogP contribution in [0.15, 0.2) is 18.2 Å². The average Bonchev–Trinajstić information content (AvgIpc) is 2.37. The fraction of sp³-hybridized carbons (Fsp3) is 0.533. The number of morpholine rings is 1. The molecule has 0 bridgehead atoms. The molecule has 1 aromatic rings. The Morgan fingerprint density at radius 3 is 2.63 bits per heavy atom. The second-order valence-electron chi connectivity index (χ2n) is 5.16. The molecule has 0 aliphatic carbocycles. The summed E-state index contributed by atoms with van der Waals surface area (Å²) in [6, 6.07) is 8.41. The number of rotatable bonds is 3. The van der Waals surface area contributed by atoms with E-state index < -0.39 is 0 Å². The van der Waals surface area contributed by atoms with Gasteiger partial charge in [-0.15, -0.1) is 0 Å². The van der Waals surface area contributed by atoms with E-state index in [0.717, 1.165) is 36.4 Å². The van der Waals surface area contributed by atoms with Crippen molar-refractivity contribution in [2.45, 2.75) is 32.6 Å². The molecule has 1 fully saturated rings. The first-order valence-electron chi connectivity index (χ1n) is 6.72. The van der Waals surface area contributed by atoms with E-state index in [1.807, 2.05) is 13.1 Å². The van der Waals surface area contributed by atoms with Crippen LogP contribution in [-0.2, 0) is 11.3 Å². The van der Waals surface area contributed by atoms with Crippen LogP contribution in [-0.4, -0.2) is 32.3 Å². The van der Waals surface area contributed by atoms with Gasteiger partial charge in [0.05, 0.1) is 23.5 Å². The second kappa shape index (κ2) is 6.05. The van der Waals surface area contributed by atoms with Crippen LogP contribution in [0.5, 0.6) is 0 Å². The largest absolute Gasteiger partial charge is 0.372 e. The molecule has 1 aliphatic heterocycles. The molecule has 1 heterocycles. The lowest BCUT2D eigenvalue weighted by Gasteiger charge is -2.37. The maximum atomic E-state index is 9.35. The molecule has 1 aromatic carbocycles. The summed E-state index contributed by atoms with van der Waals surface area (Å²) in [5.41, 5.74) is 2.90. The Labute approximate surface area is 115 Å². The van der Waals surface area contributed by atoms with Crippen molar-refractivity contribution in [1.29, 1.82) is 5.26 Å². The molecule has 1 aliphatic rings. The van der Waals surface area contributed by atoms with Gasteiger partial charge in [0.2, 0.25) is 0 Å². The molecule has 4 nitrogen and oxygen atoms in total. The van der Waals surface area contributed by atoms with Gasteiger partial charge < -0.3 is 15.0 Å². The van der Waals surface area contributed by atoms with Crippen LogP contribution in [0.25, 0.3) is 0 Å². The number of hydrogen-bond donors (Lipinski definition) is 1. The third kappa shape index (κ3) is 3.25. The van der Waals surface area contributed by atoms with Crippen LogP contribution in [0, 0.1) is 11.3 Å². The van der Waals surface area contributed by atoms with Crippen LogP contribution >= 0.6 is 0 Å². The first-order valence-corrected chi connectivity index (χ1v) is 6.72. The number of anilines is 1. The van der Waals surface area contributed by atoms with E-state index >= 15 is 0 Å². The monoisotopic (exact) mass is 259 g/mol. The summed E-state index contributed by atoms with van der Waals surface area (Å²) in [6.07, 6.45) is 0.402. The van der Waals surface area contributed by atoms with Crippen molar-refractivity contribution in [1.82, 2.24) is 5.32 Å². The van der Waals surface area contributed by atoms with Gasteiger partial charge in [-0.05, 0) is 38.6 Å². The van der Waals surface area contributed by atoms with Crippen molar-refractivity contribution >= 4 is 5.69 Å². The Morgan fingerprint density at radius 1 is 1.37 bits per heavy atom. The number of nitriles is 1. The zero-order chi connectivity index (χ0) is 13.8. The van der Waals surface area contributed by atoms with Gasteiger partial charge in [-0.2, -0.15) is 5.26 Å². The molecule has 0 spiro atoms. The average molecular weight is 259 g/mol. The highest BCUT2D eigenvalue weighted by atomic mass is 16.5. The molecule has 4 heteroatoms. The zero-order valence-electron chi connectivity index (χ0n) is 11.8. The molecule has 2 rings (SSSR count). The van der Waals surface area contributed by atoms with Gasteiger partial charge in [-0.25, -0.2) is 0 Å². The quantitative estimate of drug-likeness (QED) is 0.900. The molecular weight excluding hydrogens is 238 g/mol. The number of nitrogens with zero attached hydrogens (tertiary/aromatic N) is 2. The summed E-state index contributed by atoms with van der Waals surface area (Å²) in [7, 11) is 1.91. The van der Waals surface area contributed by atoms with E-state index in [9.17, 15) is 5.26 Å². The van der Waals surface area contributed by atoms with Gasteiger partial charge in [0.15, 0.2) is 0 Å². The van der Waals surface area contributed by atoms with Crippen LogP contribution < -0.4 is 10.2 Å². The first kappa shape index (κ1) is 13.9. The highest BCUT2D eigenvalue weighted by Gasteiger charge is 2.23. The minimum absolute atomic E-state index is 0.201. The van der Waals surface area contributed by atoms with Gasteiger partial charge in [-0.1, -0.05) is 6.07 Å². The maximum absolute atomic E-state index is 9.35. The number of ether oxygens (including phenoxy) is 1. The predicted molar refractivity (Wildman–Crippen MR) is 76.1 cm³/mol. The van der Waals surface area contributed by atoms with Gasteiger partial charge in [0, 0.05) is 19.6 Å². The third-order valence-corrected chi connectivity index (χ3v) is 3.32. The van der Waals surface area contributed by atoms with Gasteiger partial charge in [0.25, 0.3) is 0 Å². The highest BCUT2D eigenvalue weighted by Crippen LogP contribution is 2.25. The maximum Gasteiger partial charge on any atom is 0.101 e. The lowest BCUT2D eigenvalue weighted by atomic mass is 10.1. The lowest BCUT2D eigenvalue weighted by molar-refractivity contribution is -0.00522. The number of hydrogen-bond acceptors (Lipinski definition) is 4. The standard InChI is InChI=1S/C15H21N3O/c1-11-9-18(10-12(2)19-11)15-5-4-13(8-17-3)6-14(15)7-16/h4-6,11-12,17H,8-10H2,1-3H3/t11-,12+. The lowest BCUT2D eigenvalue weighted by Crippen LogP contribution is -2.45. The van der Waals surface area contributed by atoms with Crippen LogP contribution in [0.4, 0.5) is 5.69 Å². The SMILES string of the molecule is CNCc1ccc(N2C[C@@H](C)O[C@@H](C)C2)c(C#N)c1. The normalized spacial score (nSPS) is 23.2. The first-order chi connectivity index (χ1) is 9.13. The van der Waals surface area contributed by atoms with Crippen molar-refractivity contribution in [2.75, 3.05) is 25.0 Å². The number of benzene rings is 1. The Balaban J connectivity index is 2.26. The highest BCUT2D eigenvalue weighted by molar-refractivity contribution is 5.61. The topological polar surface area (TPSA) is 48.3 Å². The van der Waals surface area contributed by atoms with Crippen LogP contribution in [0.1, 0.15) is 25.0 Å². The minimum atomic E-state index is 0.201. The molecule has 1 N–H and O–H groups in total. The van der Waals surface area contributed by atoms with Crippen molar-refractivity contribution in [2.24, 2.45) is 0 Å². The van der Waals surface area contributed by atoms with E-state index in [4.69, 9.17) is 4.74 Å². The second-order valence-corrected chi connectivity index (χ2v) is 5.16. The molecule has 1 saturated heterocycles. The molecule has 0 aromatic heterocycles. The van der Waals surface area contributed by atoms with E-state index in [2.05, 4.69) is 42.3 Å². The van der Waals surface area contributed by atoms with Crippen LogP contribution in [0.3, 0.4) is 0 Å². The molecule has 2 atom stereocenters. The van der Waals surface area contributed by atoms with E-state index in [1.165, 1.54) is 0 Å². The molecule has 0 amide bonds. The third-order valence-electron chi connectivity index (χ3n) is 3.32. The van der Waals surface area contributed by atoms with E-state index in [1.54, 1.807) is 0 Å². The summed E-state index contributed by atoms with van der Waals surface area (Å²) < 4.78 is 5.74. The summed E-state index contributed by atoms with van der Waals surface area (Å²) >= 11 is 0. The van der Waals surface area contributed by atoms with Crippen molar-refractivity contribution in [3.63, 3.8) is 0 Å². The predicted octanol–water partition coefficient (Wildman–Crippen LogP) is 1.89. The van der Waals surface area contributed by atoms with Gasteiger partial charge in [-0.3, -0.25) is 0 Å². The summed E-state index contributed by atoms with van der Waals surface area (Å²) in [5.74, 6) is 0. The fourth-order valence-electron chi connectivity index (χ4n) is 2.64. The molecule has 0 saturated carbocycles. The van der Waals surface area contributed by atoms with Crippen molar-refractivity contribution in [3.8, 4) is 6.07 Å². The van der Waals surface area contributed by atoms with E-state index in [0.29, 0.717) is 0 Å². The molecule has 0 unspecified atom stereocenters. The summed E-state index contributed by atoms with van der Waals surface area (Å²) in [5, 5.41) is 12.5. The molecule has 19 heavy (non-hydrogen) atoms. The smallest absolute Gasteiger partial charge is 0.101 e.